The van der Waals surface area contributed by atoms with E-state index in [1.807, 2.05) is 24.3 Å². The van der Waals surface area contributed by atoms with E-state index < -0.39 is 0 Å². The lowest BCUT2D eigenvalue weighted by atomic mass is 10.00. The average molecular weight is 803 g/mol. The molecule has 14 aromatic rings. The van der Waals surface area contributed by atoms with Gasteiger partial charge in [-0.2, -0.15) is 0 Å². The Morgan fingerprint density at radius 3 is 1.87 bits per heavy atom. The maximum Gasteiger partial charge on any atom is 0.160 e. The first-order valence-electron chi connectivity index (χ1n) is 21.4. The van der Waals surface area contributed by atoms with E-state index in [0.29, 0.717) is 5.82 Å². The Hall–Kier alpha value is -8.54. The van der Waals surface area contributed by atoms with Gasteiger partial charge in [0, 0.05) is 59.9 Å². The molecule has 0 fully saturated rings. The maximum atomic E-state index is 6.34. The molecule has 0 atom stereocenters. The number of rotatable bonds is 4. The summed E-state index contributed by atoms with van der Waals surface area (Å²) in [7, 11) is 0. The van der Waals surface area contributed by atoms with Crippen LogP contribution in [0.15, 0.2) is 211 Å². The van der Waals surface area contributed by atoms with Gasteiger partial charge in [-0.15, -0.1) is 0 Å². The molecule has 0 bridgehead atoms. The van der Waals surface area contributed by atoms with Crippen LogP contribution in [-0.2, 0) is 0 Å². The van der Waals surface area contributed by atoms with E-state index in [4.69, 9.17) is 14.4 Å². The molecule has 0 aliphatic rings. The molecular formula is C58H34N4O. The van der Waals surface area contributed by atoms with Gasteiger partial charge in [0.2, 0.25) is 0 Å². The molecule has 0 aliphatic carbocycles. The normalized spacial score (nSPS) is 12.1. The van der Waals surface area contributed by atoms with Crippen LogP contribution in [0.5, 0.6) is 0 Å². The molecule has 292 valence electrons. The van der Waals surface area contributed by atoms with Crippen molar-refractivity contribution in [2.45, 2.75) is 0 Å². The smallest absolute Gasteiger partial charge is 0.160 e. The predicted octanol–water partition coefficient (Wildman–Crippen LogP) is 15.4. The Morgan fingerprint density at radius 2 is 1.02 bits per heavy atom. The van der Waals surface area contributed by atoms with Gasteiger partial charge < -0.3 is 13.6 Å². The van der Waals surface area contributed by atoms with Gasteiger partial charge in [-0.3, -0.25) is 0 Å². The number of para-hydroxylation sites is 4. The zero-order chi connectivity index (χ0) is 41.2. The zero-order valence-electron chi connectivity index (χ0n) is 33.8. The van der Waals surface area contributed by atoms with Gasteiger partial charge in [-0.25, -0.2) is 9.97 Å². The number of fused-ring (bicyclic) bond motifs is 13. The highest BCUT2D eigenvalue weighted by atomic mass is 16.3. The first-order valence-corrected chi connectivity index (χ1v) is 21.4. The van der Waals surface area contributed by atoms with Crippen LogP contribution in [0.1, 0.15) is 0 Å². The molecule has 5 heteroatoms. The molecule has 63 heavy (non-hydrogen) atoms. The first-order chi connectivity index (χ1) is 31.3. The monoisotopic (exact) mass is 802 g/mol. The van der Waals surface area contributed by atoms with Gasteiger partial charge in [0.15, 0.2) is 5.82 Å². The number of hydrogen-bond acceptors (Lipinski definition) is 3. The Balaban J connectivity index is 1.04. The topological polar surface area (TPSA) is 48.8 Å². The Labute approximate surface area is 360 Å². The molecule has 0 saturated carbocycles. The van der Waals surface area contributed by atoms with Crippen LogP contribution in [0, 0.1) is 0 Å². The molecule has 14 rings (SSSR count). The van der Waals surface area contributed by atoms with Crippen molar-refractivity contribution in [1.82, 2.24) is 19.1 Å². The summed E-state index contributed by atoms with van der Waals surface area (Å²) in [6.07, 6.45) is 0. The van der Waals surface area contributed by atoms with Crippen LogP contribution in [0.25, 0.3) is 132 Å². The minimum absolute atomic E-state index is 0.666. The summed E-state index contributed by atoms with van der Waals surface area (Å²) in [5.41, 5.74) is 12.3. The Bertz CT molecular complexity index is 4230. The van der Waals surface area contributed by atoms with E-state index in [9.17, 15) is 0 Å². The van der Waals surface area contributed by atoms with Crippen LogP contribution < -0.4 is 0 Å². The van der Waals surface area contributed by atoms with Crippen molar-refractivity contribution < 1.29 is 4.42 Å². The minimum Gasteiger partial charge on any atom is -0.456 e. The summed E-state index contributed by atoms with van der Waals surface area (Å²) in [6, 6.07) is 73.7. The van der Waals surface area contributed by atoms with E-state index in [-0.39, 0.29) is 0 Å². The quantitative estimate of drug-likeness (QED) is 0.178. The zero-order valence-corrected chi connectivity index (χ0v) is 33.8. The summed E-state index contributed by atoms with van der Waals surface area (Å²) in [6.45, 7) is 0. The van der Waals surface area contributed by atoms with Crippen LogP contribution in [0.2, 0.25) is 0 Å². The fourth-order valence-electron chi connectivity index (χ4n) is 10.4. The third-order valence-electron chi connectivity index (χ3n) is 13.1. The number of nitrogens with zero attached hydrogens (tertiary/aromatic N) is 4. The third kappa shape index (κ3) is 4.87. The van der Waals surface area contributed by atoms with E-state index in [0.717, 1.165) is 66.4 Å². The standard InChI is InChI=1S/C58H34N4O/c1-3-19-39-35(15-1)31-32-49-53(39)42-22-6-11-28-48(42)62(49)57-40-20-4-2-16-36(40)34-50-55(57)43-23-7-10-27-47(43)61(50)38-18-13-17-37(33-38)58-59-46-26-9-5-21-41(46)56(60-58)45-25-14-30-52-54(45)44-24-8-12-29-51(44)63-52/h1-34H. The minimum atomic E-state index is 0.666. The number of aromatic nitrogens is 4. The lowest BCUT2D eigenvalue weighted by Gasteiger charge is -2.16. The largest absolute Gasteiger partial charge is 0.456 e. The lowest BCUT2D eigenvalue weighted by molar-refractivity contribution is 0.669. The molecule has 0 spiro atoms. The van der Waals surface area contributed by atoms with Crippen LogP contribution >= 0.6 is 0 Å². The first kappa shape index (κ1) is 34.2. The highest BCUT2D eigenvalue weighted by Gasteiger charge is 2.24. The molecular weight excluding hydrogens is 769 g/mol. The van der Waals surface area contributed by atoms with Crippen LogP contribution in [-0.4, -0.2) is 19.1 Å². The summed E-state index contributed by atoms with van der Waals surface area (Å²) in [4.78, 5) is 10.7. The average Bonchev–Trinajstić information content (AvgIpc) is 4.01. The molecule has 0 unspecified atom stereocenters. The number of benzene rings is 10. The predicted molar refractivity (Wildman–Crippen MR) is 261 cm³/mol. The maximum absolute atomic E-state index is 6.34. The van der Waals surface area contributed by atoms with Crippen LogP contribution in [0.3, 0.4) is 0 Å². The molecule has 5 nitrogen and oxygen atoms in total. The van der Waals surface area contributed by atoms with Gasteiger partial charge in [-0.1, -0.05) is 152 Å². The second-order valence-corrected chi connectivity index (χ2v) is 16.5. The molecule has 10 aromatic carbocycles. The van der Waals surface area contributed by atoms with E-state index in [1.54, 1.807) is 0 Å². The van der Waals surface area contributed by atoms with Crippen molar-refractivity contribution >= 4 is 98.0 Å². The van der Waals surface area contributed by atoms with Gasteiger partial charge in [0.1, 0.15) is 11.2 Å². The highest BCUT2D eigenvalue weighted by Crippen LogP contribution is 2.45. The van der Waals surface area contributed by atoms with Crippen molar-refractivity contribution in [3.63, 3.8) is 0 Å². The molecule has 4 aromatic heterocycles. The van der Waals surface area contributed by atoms with Gasteiger partial charge in [-0.05, 0) is 70.8 Å². The van der Waals surface area contributed by atoms with Gasteiger partial charge in [0.25, 0.3) is 0 Å². The van der Waals surface area contributed by atoms with Crippen molar-refractivity contribution in [3.8, 4) is 34.0 Å². The van der Waals surface area contributed by atoms with Crippen molar-refractivity contribution in [2.75, 3.05) is 0 Å². The lowest BCUT2D eigenvalue weighted by Crippen LogP contribution is -1.99. The van der Waals surface area contributed by atoms with E-state index >= 15 is 0 Å². The SMILES string of the molecule is c1cc(-c2nc(-c3cccc4oc5ccccc5c34)c3ccccc3n2)cc(-n2c3ccccc3c3c(-n4c5ccccc5c5c6ccccc6ccc54)c4ccccc4cc32)c1. The molecule has 4 heterocycles. The molecule has 0 saturated heterocycles. The second-order valence-electron chi connectivity index (χ2n) is 16.5. The molecule has 0 aliphatic heterocycles. The fourth-order valence-corrected chi connectivity index (χ4v) is 10.4. The van der Waals surface area contributed by atoms with Crippen molar-refractivity contribution in [2.24, 2.45) is 0 Å². The number of furan rings is 1. The van der Waals surface area contributed by atoms with E-state index in [1.165, 1.54) is 59.8 Å². The fraction of sp³-hybridized carbons (Fsp3) is 0. The summed E-state index contributed by atoms with van der Waals surface area (Å²) in [5.74, 6) is 0.666. The van der Waals surface area contributed by atoms with Gasteiger partial charge >= 0.3 is 0 Å². The Kier molecular flexibility index (Phi) is 7.05. The highest BCUT2D eigenvalue weighted by molar-refractivity contribution is 6.25. The molecule has 0 N–H and O–H groups in total. The molecule has 0 radical (unpaired) electrons. The molecule has 0 amide bonds. The number of hydrogen-bond donors (Lipinski definition) is 0. The Morgan fingerprint density at radius 1 is 0.365 bits per heavy atom. The van der Waals surface area contributed by atoms with Crippen molar-refractivity contribution in [3.05, 3.63) is 206 Å². The van der Waals surface area contributed by atoms with E-state index in [2.05, 4.69) is 191 Å². The van der Waals surface area contributed by atoms with Crippen molar-refractivity contribution in [1.29, 1.82) is 0 Å². The summed E-state index contributed by atoms with van der Waals surface area (Å²) in [5, 5.41) is 12.9. The second kappa shape index (κ2) is 13.0. The summed E-state index contributed by atoms with van der Waals surface area (Å²) >= 11 is 0. The third-order valence-corrected chi connectivity index (χ3v) is 13.1. The summed E-state index contributed by atoms with van der Waals surface area (Å²) < 4.78 is 11.3. The van der Waals surface area contributed by atoms with Crippen LogP contribution in [0.4, 0.5) is 0 Å². The van der Waals surface area contributed by atoms with Gasteiger partial charge in [0.05, 0.1) is 39.0 Å².